The molecule has 284 valence electrons. The van der Waals surface area contributed by atoms with Crippen LogP contribution < -0.4 is 4.90 Å². The minimum Gasteiger partial charge on any atom is -0.456 e. The lowest BCUT2D eigenvalue weighted by Crippen LogP contribution is -2.28. The predicted molar refractivity (Wildman–Crippen MR) is 249 cm³/mol. The van der Waals surface area contributed by atoms with E-state index in [1.165, 1.54) is 61.2 Å². The lowest BCUT2D eigenvalue weighted by molar-refractivity contribution is 0.660. The second-order valence-electron chi connectivity index (χ2n) is 16.8. The molecule has 0 unspecified atom stereocenters. The van der Waals surface area contributed by atoms with Crippen molar-refractivity contribution in [3.63, 3.8) is 0 Å². The van der Waals surface area contributed by atoms with E-state index in [1.807, 2.05) is 0 Å². The molecule has 0 aliphatic heterocycles. The van der Waals surface area contributed by atoms with Gasteiger partial charge < -0.3 is 9.32 Å². The van der Waals surface area contributed by atoms with Crippen LogP contribution in [0.5, 0.6) is 0 Å². The first-order chi connectivity index (χ1) is 29.5. The number of anilines is 3. The standard InChI is InChI=1S/C58H41NO/c1-57(2)48-29-17-15-27-44(48)45-33-32-43(36-50(45)57)59(42-25-13-6-14-26-42)56-54-46-28-16-18-30-49(46)58(40-21-9-4-10-22-40,41-23-11-5-12-24-41)51(54)37-53-55(56)47-35-39(31-34-52(47)60-53)38-19-7-3-8-20-38/h3-37H,1-2H3. The molecule has 2 aliphatic rings. The molecule has 60 heavy (non-hydrogen) atoms. The van der Waals surface area contributed by atoms with Crippen molar-refractivity contribution in [3.8, 4) is 33.4 Å². The molecule has 2 heteroatoms. The summed E-state index contributed by atoms with van der Waals surface area (Å²) in [6, 6.07) is 77.9. The second kappa shape index (κ2) is 13.0. The summed E-state index contributed by atoms with van der Waals surface area (Å²) in [7, 11) is 0. The fourth-order valence-corrected chi connectivity index (χ4v) is 10.7. The molecule has 0 bridgehead atoms. The number of benzene rings is 9. The molecule has 10 aromatic rings. The molecule has 0 saturated heterocycles. The van der Waals surface area contributed by atoms with Crippen molar-refractivity contribution >= 4 is 39.0 Å². The van der Waals surface area contributed by atoms with Gasteiger partial charge in [-0.25, -0.2) is 0 Å². The van der Waals surface area contributed by atoms with E-state index in [-0.39, 0.29) is 5.41 Å². The molecule has 0 amide bonds. The largest absolute Gasteiger partial charge is 0.456 e. The first-order valence-electron chi connectivity index (χ1n) is 20.9. The summed E-state index contributed by atoms with van der Waals surface area (Å²) in [5.74, 6) is 0. The van der Waals surface area contributed by atoms with E-state index >= 15 is 0 Å². The van der Waals surface area contributed by atoms with Crippen molar-refractivity contribution in [1.82, 2.24) is 0 Å². The van der Waals surface area contributed by atoms with Gasteiger partial charge in [-0.1, -0.05) is 184 Å². The Hall–Kier alpha value is -7.42. The quantitative estimate of drug-likeness (QED) is 0.168. The Balaban J connectivity index is 1.26. The Kier molecular flexibility index (Phi) is 7.52. The van der Waals surface area contributed by atoms with Crippen LogP contribution in [0.3, 0.4) is 0 Å². The van der Waals surface area contributed by atoms with E-state index in [0.717, 1.165) is 44.6 Å². The fourth-order valence-electron chi connectivity index (χ4n) is 10.7. The molecule has 9 aromatic carbocycles. The van der Waals surface area contributed by atoms with Crippen molar-refractivity contribution in [2.75, 3.05) is 4.90 Å². The highest BCUT2D eigenvalue weighted by molar-refractivity contribution is 6.20. The van der Waals surface area contributed by atoms with Gasteiger partial charge in [0, 0.05) is 27.7 Å². The number of fused-ring (bicyclic) bond motifs is 9. The van der Waals surface area contributed by atoms with E-state index in [1.54, 1.807) is 0 Å². The highest BCUT2D eigenvalue weighted by atomic mass is 16.3. The van der Waals surface area contributed by atoms with Crippen LogP contribution in [0.15, 0.2) is 217 Å². The third-order valence-corrected chi connectivity index (χ3v) is 13.3. The second-order valence-corrected chi connectivity index (χ2v) is 16.8. The van der Waals surface area contributed by atoms with Gasteiger partial charge in [0.05, 0.1) is 16.5 Å². The third-order valence-electron chi connectivity index (χ3n) is 13.3. The summed E-state index contributed by atoms with van der Waals surface area (Å²) >= 11 is 0. The van der Waals surface area contributed by atoms with Crippen molar-refractivity contribution in [2.24, 2.45) is 0 Å². The first-order valence-corrected chi connectivity index (χ1v) is 20.9. The highest BCUT2D eigenvalue weighted by Gasteiger charge is 2.48. The smallest absolute Gasteiger partial charge is 0.137 e. The Labute approximate surface area is 350 Å². The van der Waals surface area contributed by atoms with E-state index in [9.17, 15) is 0 Å². The molecule has 0 atom stereocenters. The van der Waals surface area contributed by atoms with Gasteiger partial charge in [0.25, 0.3) is 0 Å². The fraction of sp³-hybridized carbons (Fsp3) is 0.0690. The summed E-state index contributed by atoms with van der Waals surface area (Å²) in [5.41, 5.74) is 19.3. The van der Waals surface area contributed by atoms with Crippen LogP contribution in [0.25, 0.3) is 55.3 Å². The van der Waals surface area contributed by atoms with E-state index in [0.29, 0.717) is 0 Å². The molecule has 1 aromatic heterocycles. The first kappa shape index (κ1) is 34.6. The summed E-state index contributed by atoms with van der Waals surface area (Å²) in [4.78, 5) is 2.52. The molecule has 0 fully saturated rings. The van der Waals surface area contributed by atoms with Crippen LogP contribution in [0.1, 0.15) is 47.2 Å². The molecular weight excluding hydrogens is 727 g/mol. The molecule has 0 radical (unpaired) electrons. The third kappa shape index (κ3) is 4.82. The summed E-state index contributed by atoms with van der Waals surface area (Å²) in [5, 5.41) is 2.19. The molecule has 1 heterocycles. The zero-order chi connectivity index (χ0) is 40.0. The van der Waals surface area contributed by atoms with Crippen LogP contribution in [-0.2, 0) is 10.8 Å². The Morgan fingerprint density at radius 3 is 1.68 bits per heavy atom. The number of nitrogens with zero attached hydrogens (tertiary/aromatic N) is 1. The van der Waals surface area contributed by atoms with E-state index in [4.69, 9.17) is 4.42 Å². The zero-order valence-electron chi connectivity index (χ0n) is 33.6. The molecule has 0 saturated carbocycles. The number of rotatable bonds is 6. The van der Waals surface area contributed by atoms with Gasteiger partial charge >= 0.3 is 0 Å². The summed E-state index contributed by atoms with van der Waals surface area (Å²) in [6.45, 7) is 4.73. The van der Waals surface area contributed by atoms with Crippen LogP contribution in [-0.4, -0.2) is 0 Å². The van der Waals surface area contributed by atoms with Gasteiger partial charge in [0.2, 0.25) is 0 Å². The lowest BCUT2D eigenvalue weighted by atomic mass is 9.67. The minimum atomic E-state index is -0.616. The van der Waals surface area contributed by atoms with Crippen LogP contribution >= 0.6 is 0 Å². The van der Waals surface area contributed by atoms with Gasteiger partial charge in [0.1, 0.15) is 11.2 Å². The van der Waals surface area contributed by atoms with Gasteiger partial charge in [-0.3, -0.25) is 0 Å². The SMILES string of the molecule is CC1(C)c2ccccc2-c2ccc(N(c3ccccc3)c3c4c(cc5oc6ccc(-c7ccccc7)cc6c35)C(c3ccccc3)(c3ccccc3)c3ccccc3-4)cc21. The maximum atomic E-state index is 7.12. The van der Waals surface area contributed by atoms with Crippen molar-refractivity contribution in [1.29, 1.82) is 0 Å². The Morgan fingerprint density at radius 2 is 0.983 bits per heavy atom. The maximum Gasteiger partial charge on any atom is 0.137 e. The van der Waals surface area contributed by atoms with Crippen LogP contribution in [0.2, 0.25) is 0 Å². The van der Waals surface area contributed by atoms with Crippen molar-refractivity contribution in [3.05, 3.63) is 246 Å². The molecule has 12 rings (SSSR count). The lowest BCUT2D eigenvalue weighted by Gasteiger charge is -2.34. The molecule has 2 nitrogen and oxygen atoms in total. The van der Waals surface area contributed by atoms with Gasteiger partial charge in [-0.2, -0.15) is 0 Å². The summed E-state index contributed by atoms with van der Waals surface area (Å²) < 4.78 is 7.12. The van der Waals surface area contributed by atoms with Crippen LogP contribution in [0, 0.1) is 0 Å². The summed E-state index contributed by atoms with van der Waals surface area (Å²) in [6.07, 6.45) is 0. The molecular formula is C58H41NO. The average Bonchev–Trinajstić information content (AvgIpc) is 3.90. The molecule has 0 N–H and O–H groups in total. The van der Waals surface area contributed by atoms with Crippen molar-refractivity contribution in [2.45, 2.75) is 24.7 Å². The average molecular weight is 768 g/mol. The maximum absolute atomic E-state index is 7.12. The van der Waals surface area contributed by atoms with Crippen LogP contribution in [0.4, 0.5) is 17.1 Å². The normalized spacial score (nSPS) is 14.1. The van der Waals surface area contributed by atoms with E-state index in [2.05, 4.69) is 231 Å². The Bertz CT molecular complexity index is 3230. The zero-order valence-corrected chi connectivity index (χ0v) is 33.6. The topological polar surface area (TPSA) is 16.4 Å². The number of hydrogen-bond acceptors (Lipinski definition) is 2. The number of para-hydroxylation sites is 1. The van der Waals surface area contributed by atoms with Gasteiger partial charge in [-0.15, -0.1) is 0 Å². The number of furan rings is 1. The predicted octanol–water partition coefficient (Wildman–Crippen LogP) is 15.4. The minimum absolute atomic E-state index is 0.173. The monoisotopic (exact) mass is 767 g/mol. The molecule has 2 aliphatic carbocycles. The Morgan fingerprint density at radius 1 is 0.400 bits per heavy atom. The highest BCUT2D eigenvalue weighted by Crippen LogP contribution is 2.62. The molecule has 0 spiro atoms. The van der Waals surface area contributed by atoms with Crippen molar-refractivity contribution < 1.29 is 4.42 Å². The van der Waals surface area contributed by atoms with Gasteiger partial charge in [0.15, 0.2) is 0 Å². The van der Waals surface area contributed by atoms with E-state index < -0.39 is 5.41 Å². The van der Waals surface area contributed by atoms with Gasteiger partial charge in [-0.05, 0) is 104 Å². The number of hydrogen-bond donors (Lipinski definition) is 0.